The maximum atomic E-state index is 11.1. The third-order valence-electron chi connectivity index (χ3n) is 3.00. The Morgan fingerprint density at radius 2 is 2.39 bits per heavy atom. The highest BCUT2D eigenvalue weighted by Crippen LogP contribution is 2.29. The lowest BCUT2D eigenvalue weighted by molar-refractivity contribution is -0.119. The van der Waals surface area contributed by atoms with Crippen molar-refractivity contribution in [1.82, 2.24) is 10.6 Å². The molecule has 94 valence electrons. The fourth-order valence-electron chi connectivity index (χ4n) is 2.04. The molecule has 0 saturated carbocycles. The standard InChI is InChI=1S/C13H14N2OS2/c16-13-5-10(6-15-13)14-7-11-4-9(8-18-11)12-2-1-3-17-12/h1-4,8,10,14H,5-7H2,(H,15,16). The molecule has 0 bridgehead atoms. The van der Waals surface area contributed by atoms with E-state index in [4.69, 9.17) is 0 Å². The maximum absolute atomic E-state index is 11.1. The van der Waals surface area contributed by atoms with Crippen LogP contribution in [0.25, 0.3) is 10.4 Å². The SMILES string of the molecule is O=C1CC(NCc2cc(-c3cccs3)cs2)CN1. The second kappa shape index (κ2) is 5.22. The van der Waals surface area contributed by atoms with E-state index in [-0.39, 0.29) is 11.9 Å². The molecule has 1 unspecified atom stereocenters. The van der Waals surface area contributed by atoms with Crippen molar-refractivity contribution < 1.29 is 4.79 Å². The van der Waals surface area contributed by atoms with Crippen LogP contribution in [0.5, 0.6) is 0 Å². The highest BCUT2D eigenvalue weighted by Gasteiger charge is 2.20. The molecule has 18 heavy (non-hydrogen) atoms. The van der Waals surface area contributed by atoms with Gasteiger partial charge in [-0.05, 0) is 22.9 Å². The highest BCUT2D eigenvalue weighted by atomic mass is 32.1. The Hall–Kier alpha value is -1.17. The largest absolute Gasteiger partial charge is 0.354 e. The first kappa shape index (κ1) is 11.9. The minimum Gasteiger partial charge on any atom is -0.354 e. The van der Waals surface area contributed by atoms with Crippen molar-refractivity contribution >= 4 is 28.6 Å². The quantitative estimate of drug-likeness (QED) is 0.902. The molecule has 2 aromatic heterocycles. The van der Waals surface area contributed by atoms with Crippen LogP contribution in [-0.4, -0.2) is 18.5 Å². The van der Waals surface area contributed by atoms with Gasteiger partial charge in [-0.3, -0.25) is 4.79 Å². The number of thiophene rings is 2. The predicted octanol–water partition coefficient (Wildman–Crippen LogP) is 2.45. The van der Waals surface area contributed by atoms with Gasteiger partial charge in [-0.1, -0.05) is 6.07 Å². The van der Waals surface area contributed by atoms with Gasteiger partial charge < -0.3 is 10.6 Å². The van der Waals surface area contributed by atoms with Gasteiger partial charge in [0, 0.05) is 40.9 Å². The van der Waals surface area contributed by atoms with E-state index in [1.165, 1.54) is 15.3 Å². The number of carbonyl (C=O) groups is 1. The first-order valence-corrected chi connectivity index (χ1v) is 7.68. The molecule has 3 rings (SSSR count). The number of rotatable bonds is 4. The third-order valence-corrected chi connectivity index (χ3v) is 4.86. The second-order valence-electron chi connectivity index (χ2n) is 4.37. The Morgan fingerprint density at radius 1 is 1.44 bits per heavy atom. The minimum absolute atomic E-state index is 0.151. The molecular weight excluding hydrogens is 264 g/mol. The molecule has 3 nitrogen and oxygen atoms in total. The number of carbonyl (C=O) groups excluding carboxylic acids is 1. The smallest absolute Gasteiger partial charge is 0.221 e. The molecule has 0 spiro atoms. The number of amides is 1. The van der Waals surface area contributed by atoms with E-state index in [2.05, 4.69) is 39.6 Å². The fourth-order valence-corrected chi connectivity index (χ4v) is 3.66. The second-order valence-corrected chi connectivity index (χ2v) is 6.31. The van der Waals surface area contributed by atoms with Gasteiger partial charge in [0.15, 0.2) is 0 Å². The Kier molecular flexibility index (Phi) is 3.45. The van der Waals surface area contributed by atoms with E-state index in [0.29, 0.717) is 6.42 Å². The van der Waals surface area contributed by atoms with Crippen LogP contribution >= 0.6 is 22.7 Å². The summed E-state index contributed by atoms with van der Waals surface area (Å²) in [5.74, 6) is 0.151. The Morgan fingerprint density at radius 3 is 3.11 bits per heavy atom. The lowest BCUT2D eigenvalue weighted by atomic mass is 10.2. The molecule has 2 N–H and O–H groups in total. The first-order valence-electron chi connectivity index (χ1n) is 5.92. The monoisotopic (exact) mass is 278 g/mol. The summed E-state index contributed by atoms with van der Waals surface area (Å²) >= 11 is 3.54. The van der Waals surface area contributed by atoms with E-state index in [0.717, 1.165) is 13.1 Å². The topological polar surface area (TPSA) is 41.1 Å². The molecule has 1 amide bonds. The summed E-state index contributed by atoms with van der Waals surface area (Å²) in [5, 5.41) is 10.5. The zero-order chi connectivity index (χ0) is 12.4. The molecule has 1 aliphatic rings. The van der Waals surface area contributed by atoms with Gasteiger partial charge in [0.2, 0.25) is 5.91 Å². The molecule has 1 atom stereocenters. The van der Waals surface area contributed by atoms with Crippen LogP contribution in [0.1, 0.15) is 11.3 Å². The maximum Gasteiger partial charge on any atom is 0.221 e. The summed E-state index contributed by atoms with van der Waals surface area (Å²) in [5.41, 5.74) is 1.30. The molecule has 1 fully saturated rings. The van der Waals surface area contributed by atoms with Gasteiger partial charge in [0.1, 0.15) is 0 Å². The Bertz CT molecular complexity index is 533. The van der Waals surface area contributed by atoms with Gasteiger partial charge in [0.05, 0.1) is 0 Å². The van der Waals surface area contributed by atoms with Crippen molar-refractivity contribution in [2.24, 2.45) is 0 Å². The van der Waals surface area contributed by atoms with Gasteiger partial charge in [0.25, 0.3) is 0 Å². The Balaban J connectivity index is 1.59. The molecule has 5 heteroatoms. The van der Waals surface area contributed by atoms with Crippen molar-refractivity contribution in [2.75, 3.05) is 6.54 Å². The van der Waals surface area contributed by atoms with Gasteiger partial charge in [-0.15, -0.1) is 22.7 Å². The van der Waals surface area contributed by atoms with Crippen LogP contribution in [0.15, 0.2) is 29.0 Å². The molecule has 1 saturated heterocycles. The van der Waals surface area contributed by atoms with Gasteiger partial charge >= 0.3 is 0 Å². The normalized spacial score (nSPS) is 19.1. The zero-order valence-electron chi connectivity index (χ0n) is 9.81. The molecule has 2 aromatic rings. The average Bonchev–Trinajstić information content (AvgIpc) is 3.07. The van der Waals surface area contributed by atoms with Crippen molar-refractivity contribution in [1.29, 1.82) is 0 Å². The fraction of sp³-hybridized carbons (Fsp3) is 0.308. The third kappa shape index (κ3) is 2.63. The summed E-state index contributed by atoms with van der Waals surface area (Å²) in [4.78, 5) is 13.7. The van der Waals surface area contributed by atoms with Crippen molar-refractivity contribution in [2.45, 2.75) is 19.0 Å². The van der Waals surface area contributed by atoms with Crippen LogP contribution < -0.4 is 10.6 Å². The van der Waals surface area contributed by atoms with Crippen LogP contribution in [0.4, 0.5) is 0 Å². The van der Waals surface area contributed by atoms with Crippen molar-refractivity contribution in [3.8, 4) is 10.4 Å². The van der Waals surface area contributed by atoms with E-state index >= 15 is 0 Å². The summed E-state index contributed by atoms with van der Waals surface area (Å²) in [6.07, 6.45) is 0.600. The van der Waals surface area contributed by atoms with Crippen molar-refractivity contribution in [3.05, 3.63) is 33.8 Å². The lowest BCUT2D eigenvalue weighted by Crippen LogP contribution is -2.30. The number of nitrogens with one attached hydrogen (secondary N) is 2. The molecule has 3 heterocycles. The summed E-state index contributed by atoms with van der Waals surface area (Å²) in [6, 6.07) is 6.73. The summed E-state index contributed by atoms with van der Waals surface area (Å²) < 4.78 is 0. The Labute approximate surface area is 114 Å². The van der Waals surface area contributed by atoms with E-state index < -0.39 is 0 Å². The molecule has 0 radical (unpaired) electrons. The van der Waals surface area contributed by atoms with Gasteiger partial charge in [-0.25, -0.2) is 0 Å². The summed E-state index contributed by atoms with van der Waals surface area (Å²) in [6.45, 7) is 1.59. The van der Waals surface area contributed by atoms with E-state index in [1.54, 1.807) is 22.7 Å². The predicted molar refractivity (Wildman–Crippen MR) is 75.9 cm³/mol. The molecular formula is C13H14N2OS2. The summed E-state index contributed by atoms with van der Waals surface area (Å²) in [7, 11) is 0. The zero-order valence-corrected chi connectivity index (χ0v) is 11.4. The molecule has 0 aliphatic carbocycles. The molecule has 0 aromatic carbocycles. The van der Waals surface area contributed by atoms with Crippen LogP contribution in [0.2, 0.25) is 0 Å². The average molecular weight is 278 g/mol. The van der Waals surface area contributed by atoms with Crippen LogP contribution in [0.3, 0.4) is 0 Å². The molecule has 1 aliphatic heterocycles. The lowest BCUT2D eigenvalue weighted by Gasteiger charge is -2.08. The number of hydrogen-bond donors (Lipinski definition) is 2. The highest BCUT2D eigenvalue weighted by molar-refractivity contribution is 7.14. The minimum atomic E-state index is 0.151. The van der Waals surface area contributed by atoms with E-state index in [9.17, 15) is 4.79 Å². The number of hydrogen-bond acceptors (Lipinski definition) is 4. The first-order chi connectivity index (χ1) is 8.81. The van der Waals surface area contributed by atoms with Crippen molar-refractivity contribution in [3.63, 3.8) is 0 Å². The van der Waals surface area contributed by atoms with Crippen LogP contribution in [-0.2, 0) is 11.3 Å². The van der Waals surface area contributed by atoms with Crippen LogP contribution in [0, 0.1) is 0 Å². The van der Waals surface area contributed by atoms with Gasteiger partial charge in [-0.2, -0.15) is 0 Å². The van der Waals surface area contributed by atoms with E-state index in [1.807, 2.05) is 0 Å².